The van der Waals surface area contributed by atoms with Gasteiger partial charge in [-0.2, -0.15) is 0 Å². The molecule has 0 spiro atoms. The number of carbonyl (C=O) groups excluding carboxylic acids is 1. The average molecular weight is 430 g/mol. The zero-order chi connectivity index (χ0) is 22.7. The van der Waals surface area contributed by atoms with Crippen LogP contribution in [0.1, 0.15) is 28.5 Å². The molecule has 0 radical (unpaired) electrons. The molecule has 0 N–H and O–H groups in total. The summed E-state index contributed by atoms with van der Waals surface area (Å²) in [6, 6.07) is 21.9. The Morgan fingerprint density at radius 3 is 2.44 bits per heavy atom. The third-order valence-electron chi connectivity index (χ3n) is 5.29. The first-order chi connectivity index (χ1) is 15.5. The second kappa shape index (κ2) is 8.93. The Balaban J connectivity index is 2.06. The third-order valence-corrected chi connectivity index (χ3v) is 5.29. The number of benzene rings is 3. The van der Waals surface area contributed by atoms with Crippen molar-refractivity contribution in [1.29, 1.82) is 0 Å². The molecule has 0 aliphatic carbocycles. The molecule has 0 aliphatic rings. The van der Waals surface area contributed by atoms with Gasteiger partial charge in [-0.05, 0) is 36.2 Å². The van der Waals surface area contributed by atoms with Gasteiger partial charge in [0.2, 0.25) is 0 Å². The van der Waals surface area contributed by atoms with Gasteiger partial charge in [0, 0.05) is 11.8 Å². The summed E-state index contributed by atoms with van der Waals surface area (Å²) < 4.78 is 12.2. The van der Waals surface area contributed by atoms with E-state index in [0.29, 0.717) is 17.7 Å². The number of hydrogen-bond acceptors (Lipinski definition) is 5. The lowest BCUT2D eigenvalue weighted by molar-refractivity contribution is -0.384. The number of aromatic nitrogens is 1. The summed E-state index contributed by atoms with van der Waals surface area (Å²) in [7, 11) is 1.45. The van der Waals surface area contributed by atoms with Crippen LogP contribution in [0.4, 0.5) is 5.69 Å². The molecule has 32 heavy (non-hydrogen) atoms. The lowest BCUT2D eigenvalue weighted by Crippen LogP contribution is -2.14. The summed E-state index contributed by atoms with van der Waals surface area (Å²) in [6.45, 7) is 1.92. The highest BCUT2D eigenvalue weighted by atomic mass is 16.6. The third kappa shape index (κ3) is 3.80. The Labute approximate surface area is 185 Å². The van der Waals surface area contributed by atoms with Crippen molar-refractivity contribution in [1.82, 2.24) is 4.57 Å². The van der Waals surface area contributed by atoms with Crippen molar-refractivity contribution in [2.24, 2.45) is 0 Å². The fourth-order valence-corrected chi connectivity index (χ4v) is 3.92. The molecule has 0 bridgehead atoms. The molecule has 0 saturated heterocycles. The Morgan fingerprint density at radius 2 is 1.75 bits per heavy atom. The van der Waals surface area contributed by atoms with Crippen LogP contribution < -0.4 is 4.74 Å². The number of fused-ring (bicyclic) bond motifs is 1. The maximum absolute atomic E-state index is 13.2. The van der Waals surface area contributed by atoms with Crippen LogP contribution in [0.5, 0.6) is 5.75 Å². The highest BCUT2D eigenvalue weighted by molar-refractivity contribution is 6.01. The van der Waals surface area contributed by atoms with Crippen molar-refractivity contribution in [3.8, 4) is 11.4 Å². The molecule has 162 valence electrons. The van der Waals surface area contributed by atoms with E-state index >= 15 is 0 Å². The van der Waals surface area contributed by atoms with E-state index in [1.165, 1.54) is 13.2 Å². The molecular weight excluding hydrogens is 408 g/mol. The van der Waals surface area contributed by atoms with Gasteiger partial charge in [-0.25, -0.2) is 4.79 Å². The molecule has 1 heterocycles. The molecule has 0 amide bonds. The molecule has 0 fully saturated rings. The Bertz CT molecular complexity index is 1290. The van der Waals surface area contributed by atoms with Crippen molar-refractivity contribution in [2.75, 3.05) is 13.7 Å². The van der Waals surface area contributed by atoms with Gasteiger partial charge < -0.3 is 9.47 Å². The molecule has 0 unspecified atom stereocenters. The summed E-state index contributed by atoms with van der Waals surface area (Å²) >= 11 is 0. The van der Waals surface area contributed by atoms with Gasteiger partial charge >= 0.3 is 5.97 Å². The van der Waals surface area contributed by atoms with E-state index in [1.54, 1.807) is 23.6 Å². The molecule has 0 atom stereocenters. The van der Waals surface area contributed by atoms with Gasteiger partial charge in [0.25, 0.3) is 5.69 Å². The fourth-order valence-electron chi connectivity index (χ4n) is 3.92. The average Bonchev–Trinajstić information content (AvgIpc) is 3.13. The number of para-hydroxylation sites is 1. The van der Waals surface area contributed by atoms with Crippen LogP contribution in [0.15, 0.2) is 72.8 Å². The van der Waals surface area contributed by atoms with Crippen LogP contribution in [0.25, 0.3) is 16.6 Å². The first-order valence-electron chi connectivity index (χ1n) is 10.2. The first-order valence-corrected chi connectivity index (χ1v) is 10.2. The minimum atomic E-state index is -0.528. The van der Waals surface area contributed by atoms with E-state index in [9.17, 15) is 14.9 Å². The van der Waals surface area contributed by atoms with Crippen LogP contribution >= 0.6 is 0 Å². The van der Waals surface area contributed by atoms with Crippen LogP contribution in [0.3, 0.4) is 0 Å². The van der Waals surface area contributed by atoms with Gasteiger partial charge in [0.1, 0.15) is 17.1 Å². The van der Waals surface area contributed by atoms with Crippen LogP contribution in [0.2, 0.25) is 0 Å². The summed E-state index contributed by atoms with van der Waals surface area (Å²) in [6.07, 6.45) is 0.479. The smallest absolute Gasteiger partial charge is 0.355 e. The van der Waals surface area contributed by atoms with E-state index in [0.717, 1.165) is 16.5 Å². The van der Waals surface area contributed by atoms with Crippen LogP contribution in [0, 0.1) is 10.1 Å². The highest BCUT2D eigenvalue weighted by Gasteiger charge is 2.28. The predicted octanol–water partition coefficient (Wildman–Crippen LogP) is 5.31. The van der Waals surface area contributed by atoms with Crippen molar-refractivity contribution in [3.05, 3.63) is 99.7 Å². The van der Waals surface area contributed by atoms with E-state index in [1.807, 2.05) is 54.6 Å². The maximum Gasteiger partial charge on any atom is 0.355 e. The summed E-state index contributed by atoms with van der Waals surface area (Å²) in [4.78, 5) is 24.6. The van der Waals surface area contributed by atoms with Crippen molar-refractivity contribution < 1.29 is 19.2 Å². The summed E-state index contributed by atoms with van der Waals surface area (Å²) in [5.41, 5.74) is 2.86. The summed E-state index contributed by atoms with van der Waals surface area (Å²) in [5, 5.41) is 12.8. The highest BCUT2D eigenvalue weighted by Crippen LogP contribution is 2.36. The second-order valence-electron chi connectivity index (χ2n) is 7.17. The lowest BCUT2D eigenvalue weighted by Gasteiger charge is -2.13. The number of methoxy groups -OCH3 is 1. The normalized spacial score (nSPS) is 10.8. The summed E-state index contributed by atoms with van der Waals surface area (Å²) in [5.74, 6) is -0.168. The number of nitro benzene ring substituents is 1. The number of hydrogen-bond donors (Lipinski definition) is 0. The van der Waals surface area contributed by atoms with Gasteiger partial charge in [-0.1, -0.05) is 48.5 Å². The molecule has 0 saturated carbocycles. The van der Waals surface area contributed by atoms with Gasteiger partial charge in [0.05, 0.1) is 30.2 Å². The minimum Gasteiger partial charge on any atom is -0.496 e. The largest absolute Gasteiger partial charge is 0.496 e. The number of nitrogens with zero attached hydrogens (tertiary/aromatic N) is 2. The van der Waals surface area contributed by atoms with E-state index in [-0.39, 0.29) is 23.7 Å². The lowest BCUT2D eigenvalue weighted by atomic mass is 10.0. The van der Waals surface area contributed by atoms with Gasteiger partial charge in [-0.15, -0.1) is 0 Å². The second-order valence-corrected chi connectivity index (χ2v) is 7.17. The maximum atomic E-state index is 13.2. The van der Waals surface area contributed by atoms with E-state index < -0.39 is 10.9 Å². The fraction of sp³-hybridized carbons (Fsp3) is 0.160. The number of nitro groups is 1. The number of ether oxygens (including phenoxy) is 2. The molecule has 4 rings (SSSR count). The molecule has 4 aromatic rings. The van der Waals surface area contributed by atoms with Crippen molar-refractivity contribution in [3.63, 3.8) is 0 Å². The Morgan fingerprint density at radius 1 is 1.03 bits per heavy atom. The van der Waals surface area contributed by atoms with Crippen molar-refractivity contribution >= 4 is 22.6 Å². The topological polar surface area (TPSA) is 83.6 Å². The number of esters is 1. The Hall–Kier alpha value is -4.13. The quantitative estimate of drug-likeness (QED) is 0.225. The monoisotopic (exact) mass is 430 g/mol. The molecule has 0 aliphatic heterocycles. The number of carbonyl (C=O) groups is 1. The van der Waals surface area contributed by atoms with Crippen LogP contribution in [-0.4, -0.2) is 29.2 Å². The SMILES string of the molecule is CCOC(=O)c1c(Cc2ccccc2)c2ccccc2n1-c1ccc(OC)cc1[N+](=O)[O-]. The van der Waals surface area contributed by atoms with Crippen LogP contribution in [-0.2, 0) is 11.2 Å². The van der Waals surface area contributed by atoms with Crippen molar-refractivity contribution in [2.45, 2.75) is 13.3 Å². The van der Waals surface area contributed by atoms with Gasteiger partial charge in [-0.3, -0.25) is 14.7 Å². The molecule has 7 nitrogen and oxygen atoms in total. The van der Waals surface area contributed by atoms with E-state index in [4.69, 9.17) is 9.47 Å². The zero-order valence-electron chi connectivity index (χ0n) is 17.8. The molecule has 3 aromatic carbocycles. The number of rotatable bonds is 7. The Kier molecular flexibility index (Phi) is 5.89. The zero-order valence-corrected chi connectivity index (χ0v) is 17.8. The van der Waals surface area contributed by atoms with E-state index in [2.05, 4.69) is 0 Å². The molecular formula is C25H22N2O5. The molecule has 1 aromatic heterocycles. The van der Waals surface area contributed by atoms with Gasteiger partial charge in [0.15, 0.2) is 0 Å². The minimum absolute atomic E-state index is 0.165. The molecule has 7 heteroatoms. The predicted molar refractivity (Wildman–Crippen MR) is 122 cm³/mol. The standard InChI is InChI=1S/C25H22N2O5/c1-3-32-25(28)24-20(15-17-9-5-4-6-10-17)19-11-7-8-12-21(19)26(24)22-14-13-18(31-2)16-23(22)27(29)30/h4-14,16H,3,15H2,1-2H3. The first kappa shape index (κ1) is 21.1.